The third kappa shape index (κ3) is 4.64. The molecule has 1 aromatic carbocycles. The molecular weight excluding hydrogens is 461 g/mol. The first-order valence-corrected chi connectivity index (χ1v) is 11.3. The highest BCUT2D eigenvalue weighted by atomic mass is 19.1. The Morgan fingerprint density at radius 3 is 2.54 bits per heavy atom. The van der Waals surface area contributed by atoms with Crippen LogP contribution in [0.15, 0.2) is 48.8 Å². The van der Waals surface area contributed by atoms with E-state index in [0.29, 0.717) is 17.7 Å². The summed E-state index contributed by atoms with van der Waals surface area (Å²) in [4.78, 5) is 21.0. The minimum absolute atomic E-state index is 0.244. The summed E-state index contributed by atoms with van der Waals surface area (Å²) < 4.78 is 49.0. The SMILES string of the molecule is N[C@H]1C[C@@H](c2ccncc2NC(=O)c2ccc(F)c(-c3c(F)cccc3F)n2)O[C@@H](C2CC2)C1O. The number of anilines is 1. The number of pyridine rings is 2. The van der Waals surface area contributed by atoms with Crippen LogP contribution in [0.3, 0.4) is 0 Å². The molecule has 4 atom stereocenters. The van der Waals surface area contributed by atoms with Crippen molar-refractivity contribution >= 4 is 11.6 Å². The molecular formula is C25H23F3N4O3. The van der Waals surface area contributed by atoms with Gasteiger partial charge in [0.15, 0.2) is 0 Å². The Morgan fingerprint density at radius 2 is 1.83 bits per heavy atom. The van der Waals surface area contributed by atoms with Crippen molar-refractivity contribution < 1.29 is 27.8 Å². The Hall–Kier alpha value is -3.34. The highest BCUT2D eigenvalue weighted by Gasteiger charge is 2.45. The summed E-state index contributed by atoms with van der Waals surface area (Å²) in [5.41, 5.74) is 5.60. The highest BCUT2D eigenvalue weighted by Crippen LogP contribution is 2.43. The van der Waals surface area contributed by atoms with Gasteiger partial charge in [0.05, 0.1) is 35.8 Å². The average molecular weight is 484 g/mol. The van der Waals surface area contributed by atoms with Crippen LogP contribution in [0.1, 0.15) is 41.4 Å². The zero-order valence-corrected chi connectivity index (χ0v) is 18.5. The number of nitrogens with one attached hydrogen (secondary N) is 1. The summed E-state index contributed by atoms with van der Waals surface area (Å²) in [7, 11) is 0. The molecule has 10 heteroatoms. The van der Waals surface area contributed by atoms with Crippen molar-refractivity contribution in [3.63, 3.8) is 0 Å². The maximum atomic E-state index is 14.4. The van der Waals surface area contributed by atoms with Gasteiger partial charge in [0.1, 0.15) is 28.8 Å². The number of amides is 1. The van der Waals surface area contributed by atoms with Crippen LogP contribution in [0.4, 0.5) is 18.9 Å². The second kappa shape index (κ2) is 9.37. The molecule has 5 rings (SSSR count). The second-order valence-corrected chi connectivity index (χ2v) is 8.86. The largest absolute Gasteiger partial charge is 0.389 e. The summed E-state index contributed by atoms with van der Waals surface area (Å²) in [6.45, 7) is 0. The predicted octanol–water partition coefficient (Wildman–Crippen LogP) is 3.74. The number of nitrogens with two attached hydrogens (primary N) is 1. The lowest BCUT2D eigenvalue weighted by molar-refractivity contribution is -0.136. The Morgan fingerprint density at radius 1 is 1.09 bits per heavy atom. The van der Waals surface area contributed by atoms with Crippen molar-refractivity contribution in [2.75, 3.05) is 5.32 Å². The number of nitrogens with zero attached hydrogens (tertiary/aromatic N) is 2. The Labute approximate surface area is 199 Å². The average Bonchev–Trinajstić information content (AvgIpc) is 3.67. The summed E-state index contributed by atoms with van der Waals surface area (Å²) in [5, 5.41) is 13.1. The quantitative estimate of drug-likeness (QED) is 0.509. The zero-order chi connectivity index (χ0) is 24.7. The number of carbonyl (C=O) groups is 1. The van der Waals surface area contributed by atoms with Crippen LogP contribution in [0.5, 0.6) is 0 Å². The zero-order valence-electron chi connectivity index (χ0n) is 18.5. The van der Waals surface area contributed by atoms with Gasteiger partial charge in [-0.05, 0) is 55.5 Å². The number of halogens is 3. The van der Waals surface area contributed by atoms with Gasteiger partial charge in [-0.2, -0.15) is 0 Å². The standard InChI is InChI=1S/C25H23F3N4O3/c26-14-2-1-3-15(27)21(14)22-16(28)6-7-18(31-22)25(34)32-19-11-30-9-8-13(19)20-10-17(29)23(33)24(35-20)12-4-5-12/h1-3,6-9,11-12,17,20,23-24,33H,4-5,10,29H2,(H,32,34)/t17-,20-,23?,24-/m0/s1. The van der Waals surface area contributed by atoms with E-state index in [-0.39, 0.29) is 11.6 Å². The van der Waals surface area contributed by atoms with Crippen LogP contribution < -0.4 is 11.1 Å². The molecule has 7 nitrogen and oxygen atoms in total. The van der Waals surface area contributed by atoms with E-state index < -0.39 is 59.0 Å². The molecule has 2 fully saturated rings. The van der Waals surface area contributed by atoms with Gasteiger partial charge in [-0.15, -0.1) is 0 Å². The number of benzene rings is 1. The van der Waals surface area contributed by atoms with Gasteiger partial charge in [0.25, 0.3) is 5.91 Å². The summed E-state index contributed by atoms with van der Waals surface area (Å²) >= 11 is 0. The first kappa shape index (κ1) is 23.4. The van der Waals surface area contributed by atoms with Gasteiger partial charge >= 0.3 is 0 Å². The summed E-state index contributed by atoms with van der Waals surface area (Å²) in [6, 6.07) is 6.36. The maximum Gasteiger partial charge on any atom is 0.274 e. The fourth-order valence-corrected chi connectivity index (χ4v) is 4.42. The minimum Gasteiger partial charge on any atom is -0.389 e. The molecule has 1 saturated heterocycles. The third-order valence-electron chi connectivity index (χ3n) is 6.40. The Bertz CT molecular complexity index is 1250. The number of ether oxygens (including phenoxy) is 1. The lowest BCUT2D eigenvalue weighted by Gasteiger charge is -2.38. The molecule has 1 aliphatic carbocycles. The number of aromatic nitrogens is 2. The number of hydrogen-bond donors (Lipinski definition) is 3. The lowest BCUT2D eigenvalue weighted by atomic mass is 9.90. The number of aliphatic hydroxyl groups excluding tert-OH is 1. The number of rotatable bonds is 5. The van der Waals surface area contributed by atoms with Gasteiger partial charge in [-0.3, -0.25) is 9.78 Å². The van der Waals surface area contributed by atoms with Crippen LogP contribution in [-0.4, -0.2) is 39.2 Å². The van der Waals surface area contributed by atoms with Crippen LogP contribution in [0.2, 0.25) is 0 Å². The van der Waals surface area contributed by atoms with Crippen LogP contribution in [0, 0.1) is 23.4 Å². The van der Waals surface area contributed by atoms with Gasteiger partial charge in [0.2, 0.25) is 0 Å². The van der Waals surface area contributed by atoms with Crippen LogP contribution in [0.25, 0.3) is 11.3 Å². The predicted molar refractivity (Wildman–Crippen MR) is 121 cm³/mol. The fourth-order valence-electron chi connectivity index (χ4n) is 4.42. The lowest BCUT2D eigenvalue weighted by Crippen LogP contribution is -2.50. The summed E-state index contributed by atoms with van der Waals surface area (Å²) in [5.74, 6) is -3.44. The van der Waals surface area contributed by atoms with Crippen molar-refractivity contribution in [3.05, 3.63) is 77.5 Å². The molecule has 3 aromatic rings. The van der Waals surface area contributed by atoms with Crippen LogP contribution >= 0.6 is 0 Å². The molecule has 2 aromatic heterocycles. The third-order valence-corrected chi connectivity index (χ3v) is 6.40. The number of hydrogen-bond acceptors (Lipinski definition) is 6. The monoisotopic (exact) mass is 484 g/mol. The van der Waals surface area contributed by atoms with E-state index in [1.165, 1.54) is 6.20 Å². The van der Waals surface area contributed by atoms with Gasteiger partial charge in [0, 0.05) is 17.8 Å². The molecule has 182 valence electrons. The molecule has 4 N–H and O–H groups in total. The van der Waals surface area contributed by atoms with Crippen LogP contribution in [-0.2, 0) is 4.74 Å². The number of carbonyl (C=O) groups excluding carboxylic acids is 1. The Kier molecular flexibility index (Phi) is 6.26. The highest BCUT2D eigenvalue weighted by molar-refractivity contribution is 6.03. The molecule has 0 spiro atoms. The molecule has 35 heavy (non-hydrogen) atoms. The Balaban J connectivity index is 1.42. The van der Waals surface area contributed by atoms with Gasteiger partial charge < -0.3 is 20.9 Å². The van der Waals surface area contributed by atoms with Crippen molar-refractivity contribution in [2.24, 2.45) is 11.7 Å². The molecule has 0 bridgehead atoms. The molecule has 1 aliphatic heterocycles. The van der Waals surface area contributed by atoms with Crippen molar-refractivity contribution in [2.45, 2.75) is 43.6 Å². The van der Waals surface area contributed by atoms with Crippen molar-refractivity contribution in [1.29, 1.82) is 0 Å². The van der Waals surface area contributed by atoms with E-state index in [2.05, 4.69) is 15.3 Å². The van der Waals surface area contributed by atoms with E-state index in [1.54, 1.807) is 12.3 Å². The molecule has 1 saturated carbocycles. The first-order valence-electron chi connectivity index (χ1n) is 11.3. The van der Waals surface area contributed by atoms with E-state index in [9.17, 15) is 23.1 Å². The normalized spacial score (nSPS) is 24.3. The molecule has 2 aliphatic rings. The maximum absolute atomic E-state index is 14.4. The first-order chi connectivity index (χ1) is 16.8. The van der Waals surface area contributed by atoms with E-state index in [0.717, 1.165) is 43.2 Å². The van der Waals surface area contributed by atoms with E-state index in [4.69, 9.17) is 10.5 Å². The number of aliphatic hydroxyl groups is 1. The van der Waals surface area contributed by atoms with E-state index in [1.807, 2.05) is 0 Å². The van der Waals surface area contributed by atoms with Gasteiger partial charge in [-0.1, -0.05) is 6.07 Å². The van der Waals surface area contributed by atoms with Gasteiger partial charge in [-0.25, -0.2) is 18.2 Å². The molecule has 3 heterocycles. The second-order valence-electron chi connectivity index (χ2n) is 8.86. The molecule has 0 radical (unpaired) electrons. The smallest absolute Gasteiger partial charge is 0.274 e. The summed E-state index contributed by atoms with van der Waals surface area (Å²) in [6.07, 6.45) is 3.60. The van der Waals surface area contributed by atoms with E-state index >= 15 is 0 Å². The topological polar surface area (TPSA) is 110 Å². The van der Waals surface area contributed by atoms with Crippen molar-refractivity contribution in [1.82, 2.24) is 9.97 Å². The molecule has 1 amide bonds. The van der Waals surface area contributed by atoms with Crippen molar-refractivity contribution in [3.8, 4) is 11.3 Å². The molecule has 1 unspecified atom stereocenters. The minimum atomic E-state index is -0.998. The fraction of sp³-hybridized carbons (Fsp3) is 0.320.